The van der Waals surface area contributed by atoms with Crippen molar-refractivity contribution in [2.45, 2.75) is 25.6 Å². The Morgan fingerprint density at radius 2 is 2.27 bits per heavy atom. The molecule has 5 nitrogen and oxygen atoms in total. The molecule has 1 aliphatic rings. The molecular weight excluding hydrogens is 301 g/mol. The van der Waals surface area contributed by atoms with Gasteiger partial charge in [0, 0.05) is 31.3 Å². The van der Waals surface area contributed by atoms with Crippen molar-refractivity contribution >= 4 is 5.91 Å². The molecule has 2 unspecified atom stereocenters. The summed E-state index contributed by atoms with van der Waals surface area (Å²) in [7, 11) is 0. The maximum Gasteiger partial charge on any atom is 0.422 e. The number of aliphatic hydroxyl groups is 1. The minimum absolute atomic E-state index is 0.0475. The van der Waals surface area contributed by atoms with E-state index in [1.807, 2.05) is 0 Å². The normalized spacial score (nSPS) is 20.0. The van der Waals surface area contributed by atoms with Gasteiger partial charge >= 0.3 is 6.18 Å². The van der Waals surface area contributed by atoms with Gasteiger partial charge in [-0.15, -0.1) is 0 Å². The van der Waals surface area contributed by atoms with E-state index in [0.717, 1.165) is 6.42 Å². The summed E-state index contributed by atoms with van der Waals surface area (Å²) in [6, 6.07) is 2.62. The first-order valence-electron chi connectivity index (χ1n) is 6.89. The third-order valence-corrected chi connectivity index (χ3v) is 3.56. The molecule has 1 N–H and O–H groups in total. The number of carbonyl (C=O) groups is 1. The van der Waals surface area contributed by atoms with Crippen LogP contribution in [0.4, 0.5) is 13.2 Å². The highest BCUT2D eigenvalue weighted by atomic mass is 19.4. The fourth-order valence-electron chi connectivity index (χ4n) is 2.30. The summed E-state index contributed by atoms with van der Waals surface area (Å²) in [5.74, 6) is -0.388. The molecule has 1 aromatic rings. The summed E-state index contributed by atoms with van der Waals surface area (Å²) in [5, 5.41) is 9.52. The zero-order valence-corrected chi connectivity index (χ0v) is 12.0. The van der Waals surface area contributed by atoms with Crippen LogP contribution in [0.15, 0.2) is 18.3 Å². The van der Waals surface area contributed by atoms with Crippen LogP contribution in [0.25, 0.3) is 0 Å². The van der Waals surface area contributed by atoms with Crippen molar-refractivity contribution in [1.29, 1.82) is 0 Å². The summed E-state index contributed by atoms with van der Waals surface area (Å²) in [5.41, 5.74) is 0.283. The quantitative estimate of drug-likeness (QED) is 0.920. The van der Waals surface area contributed by atoms with Gasteiger partial charge in [0.15, 0.2) is 6.61 Å². The van der Waals surface area contributed by atoms with Crippen LogP contribution in [0.1, 0.15) is 23.7 Å². The number of hydrogen-bond donors (Lipinski definition) is 1. The van der Waals surface area contributed by atoms with Gasteiger partial charge in [0.25, 0.3) is 5.91 Å². The Balaban J connectivity index is 1.94. The van der Waals surface area contributed by atoms with Gasteiger partial charge in [-0.3, -0.25) is 4.79 Å². The molecule has 2 heterocycles. The topological polar surface area (TPSA) is 62.7 Å². The zero-order chi connectivity index (χ0) is 16.3. The molecule has 1 saturated heterocycles. The molecule has 2 rings (SSSR count). The van der Waals surface area contributed by atoms with Crippen LogP contribution in [-0.2, 0) is 0 Å². The van der Waals surface area contributed by atoms with Crippen LogP contribution < -0.4 is 4.74 Å². The minimum Gasteiger partial charge on any atom is -0.468 e. The van der Waals surface area contributed by atoms with Gasteiger partial charge < -0.3 is 14.7 Å². The third-order valence-electron chi connectivity index (χ3n) is 3.56. The summed E-state index contributed by atoms with van der Waals surface area (Å²) >= 11 is 0. The number of halogens is 3. The molecule has 0 bridgehead atoms. The van der Waals surface area contributed by atoms with E-state index < -0.39 is 18.9 Å². The first-order chi connectivity index (χ1) is 10.3. The van der Waals surface area contributed by atoms with Crippen LogP contribution in [0.3, 0.4) is 0 Å². The van der Waals surface area contributed by atoms with E-state index in [2.05, 4.69) is 9.72 Å². The lowest BCUT2D eigenvalue weighted by Gasteiger charge is -2.17. The van der Waals surface area contributed by atoms with Crippen molar-refractivity contribution in [3.63, 3.8) is 0 Å². The number of pyridine rings is 1. The Labute approximate surface area is 125 Å². The van der Waals surface area contributed by atoms with Gasteiger partial charge in [0.05, 0.1) is 11.7 Å². The van der Waals surface area contributed by atoms with Gasteiger partial charge in [-0.05, 0) is 19.4 Å². The third kappa shape index (κ3) is 4.33. The molecule has 0 aromatic carbocycles. The molecule has 0 aliphatic carbocycles. The van der Waals surface area contributed by atoms with Gasteiger partial charge in [-0.2, -0.15) is 13.2 Å². The van der Waals surface area contributed by atoms with Crippen molar-refractivity contribution in [1.82, 2.24) is 9.88 Å². The van der Waals surface area contributed by atoms with E-state index in [1.54, 1.807) is 11.8 Å². The standard InChI is InChI=1S/C14H17F3N2O3/c1-9(20)11-4-5-19(7-11)13(21)10-2-3-12(18-6-10)22-8-14(15,16)17/h2-3,6,9,11,20H,4-5,7-8H2,1H3. The molecule has 0 spiro atoms. The molecule has 1 aliphatic heterocycles. The maximum absolute atomic E-state index is 12.2. The molecule has 2 atom stereocenters. The highest BCUT2D eigenvalue weighted by Crippen LogP contribution is 2.22. The number of amides is 1. The molecule has 122 valence electrons. The van der Waals surface area contributed by atoms with Crippen molar-refractivity contribution in [2.24, 2.45) is 5.92 Å². The Morgan fingerprint density at radius 3 is 2.77 bits per heavy atom. The van der Waals surface area contributed by atoms with Crippen LogP contribution >= 0.6 is 0 Å². The van der Waals surface area contributed by atoms with Crippen LogP contribution in [0.5, 0.6) is 5.88 Å². The van der Waals surface area contributed by atoms with Crippen molar-refractivity contribution < 1.29 is 27.8 Å². The van der Waals surface area contributed by atoms with Crippen LogP contribution in [0.2, 0.25) is 0 Å². The monoisotopic (exact) mass is 318 g/mol. The fraction of sp³-hybridized carbons (Fsp3) is 0.571. The molecule has 1 fully saturated rings. The largest absolute Gasteiger partial charge is 0.468 e. The van der Waals surface area contributed by atoms with Crippen LogP contribution in [-0.4, -0.2) is 52.9 Å². The van der Waals surface area contributed by atoms with E-state index in [-0.39, 0.29) is 23.3 Å². The number of hydrogen-bond acceptors (Lipinski definition) is 4. The Morgan fingerprint density at radius 1 is 1.55 bits per heavy atom. The van der Waals surface area contributed by atoms with E-state index in [1.165, 1.54) is 18.3 Å². The molecule has 1 aromatic heterocycles. The number of nitrogens with zero attached hydrogens (tertiary/aromatic N) is 2. The van der Waals surface area contributed by atoms with E-state index in [9.17, 15) is 23.1 Å². The zero-order valence-electron chi connectivity index (χ0n) is 12.0. The second kappa shape index (κ2) is 6.51. The van der Waals surface area contributed by atoms with Gasteiger partial charge in [0.1, 0.15) is 0 Å². The number of ether oxygens (including phenoxy) is 1. The van der Waals surface area contributed by atoms with Crippen molar-refractivity contribution in [2.75, 3.05) is 19.7 Å². The first kappa shape index (κ1) is 16.5. The first-order valence-corrected chi connectivity index (χ1v) is 6.89. The van der Waals surface area contributed by atoms with Gasteiger partial charge in [-0.25, -0.2) is 4.98 Å². The second-order valence-electron chi connectivity index (χ2n) is 5.33. The molecule has 1 amide bonds. The Bertz CT molecular complexity index is 517. The highest BCUT2D eigenvalue weighted by Gasteiger charge is 2.30. The van der Waals surface area contributed by atoms with Crippen LogP contribution in [0, 0.1) is 5.92 Å². The predicted octanol–water partition coefficient (Wildman–Crippen LogP) is 1.87. The molecular formula is C14H17F3N2O3. The predicted molar refractivity (Wildman–Crippen MR) is 71.5 cm³/mol. The number of alkyl halides is 3. The molecule has 0 radical (unpaired) electrons. The number of carbonyl (C=O) groups excluding carboxylic acids is 1. The Kier molecular flexibility index (Phi) is 4.90. The van der Waals surface area contributed by atoms with E-state index in [4.69, 9.17) is 0 Å². The Hall–Kier alpha value is -1.83. The van der Waals surface area contributed by atoms with Gasteiger partial charge in [0.2, 0.25) is 5.88 Å². The lowest BCUT2D eigenvalue weighted by molar-refractivity contribution is -0.154. The summed E-state index contributed by atoms with van der Waals surface area (Å²) in [4.78, 5) is 17.5. The van der Waals surface area contributed by atoms with E-state index in [0.29, 0.717) is 13.1 Å². The summed E-state index contributed by atoms with van der Waals surface area (Å²) in [6.07, 6.45) is -2.98. The number of likely N-dealkylation sites (tertiary alicyclic amines) is 1. The lowest BCUT2D eigenvalue weighted by atomic mass is 10.0. The number of aliphatic hydroxyl groups excluding tert-OH is 1. The SMILES string of the molecule is CC(O)C1CCN(C(=O)c2ccc(OCC(F)(F)F)nc2)C1. The number of aromatic nitrogens is 1. The minimum atomic E-state index is -4.43. The second-order valence-corrected chi connectivity index (χ2v) is 5.33. The van der Waals surface area contributed by atoms with E-state index >= 15 is 0 Å². The molecule has 22 heavy (non-hydrogen) atoms. The highest BCUT2D eigenvalue weighted by molar-refractivity contribution is 5.94. The lowest BCUT2D eigenvalue weighted by Crippen LogP contribution is -2.30. The van der Waals surface area contributed by atoms with Crippen molar-refractivity contribution in [3.05, 3.63) is 23.9 Å². The summed E-state index contributed by atoms with van der Waals surface area (Å²) < 4.78 is 40.5. The maximum atomic E-state index is 12.2. The molecule has 0 saturated carbocycles. The average Bonchev–Trinajstić information content (AvgIpc) is 2.94. The molecule has 8 heteroatoms. The fourth-order valence-corrected chi connectivity index (χ4v) is 2.30. The average molecular weight is 318 g/mol. The van der Waals surface area contributed by atoms with Crippen molar-refractivity contribution in [3.8, 4) is 5.88 Å². The number of rotatable bonds is 4. The smallest absolute Gasteiger partial charge is 0.422 e. The summed E-state index contributed by atoms with van der Waals surface area (Å²) in [6.45, 7) is 1.27. The van der Waals surface area contributed by atoms with Gasteiger partial charge in [-0.1, -0.05) is 0 Å².